The number of aldehydes is 1. The van der Waals surface area contributed by atoms with Gasteiger partial charge in [-0.15, -0.1) is 11.6 Å². The fraction of sp³-hybridized carbons (Fsp3) is 0.636. The predicted molar refractivity (Wildman–Crippen MR) is 117 cm³/mol. The first-order chi connectivity index (χ1) is 12.9. The molecule has 0 radical (unpaired) electrons. The van der Waals surface area contributed by atoms with E-state index in [9.17, 15) is 4.79 Å². The second-order valence-corrected chi connectivity index (χ2v) is 7.71. The van der Waals surface area contributed by atoms with Crippen LogP contribution in [-0.4, -0.2) is 50.3 Å². The van der Waals surface area contributed by atoms with Crippen LogP contribution in [-0.2, 0) is 4.79 Å². The molecule has 0 saturated carbocycles. The minimum Gasteiger partial charge on any atom is -0.367 e. The summed E-state index contributed by atoms with van der Waals surface area (Å²) < 4.78 is 0. The molecule has 27 heavy (non-hydrogen) atoms. The Hall–Kier alpha value is -1.57. The molecular formula is C22H36ClN3O. The molecule has 1 fully saturated rings. The number of anilines is 1. The smallest absolute Gasteiger partial charge is 0.120 e. The molecule has 1 aromatic carbocycles. The largest absolute Gasteiger partial charge is 0.367 e. The Morgan fingerprint density at radius 1 is 1.22 bits per heavy atom. The number of alkyl halides is 1. The van der Waals surface area contributed by atoms with E-state index in [1.807, 2.05) is 26.0 Å². The van der Waals surface area contributed by atoms with Gasteiger partial charge < -0.3 is 14.6 Å². The molecule has 0 amide bonds. The van der Waals surface area contributed by atoms with Gasteiger partial charge in [0.1, 0.15) is 6.29 Å². The Balaban J connectivity index is 0.000000722. The van der Waals surface area contributed by atoms with Crippen molar-refractivity contribution in [3.8, 4) is 6.07 Å². The molecule has 1 saturated heterocycles. The minimum atomic E-state index is 0.530. The highest BCUT2D eigenvalue weighted by Gasteiger charge is 2.26. The van der Waals surface area contributed by atoms with Gasteiger partial charge in [0.15, 0.2) is 0 Å². The van der Waals surface area contributed by atoms with E-state index in [1.165, 1.54) is 25.0 Å². The number of likely N-dealkylation sites (N-methyl/N-ethyl adjacent to an activating group) is 1. The minimum absolute atomic E-state index is 0.530. The lowest BCUT2D eigenvalue weighted by Crippen LogP contribution is -2.39. The molecule has 0 aromatic heterocycles. The predicted octanol–water partition coefficient (Wildman–Crippen LogP) is 4.81. The lowest BCUT2D eigenvalue weighted by atomic mass is 10.1. The SMILES string of the molecule is CC(C)CC=O.CC(C)CN(c1ccc(C#N)cc1)C1CCN(C)C1.CCl. The summed E-state index contributed by atoms with van der Waals surface area (Å²) in [6.45, 7) is 11.9. The summed E-state index contributed by atoms with van der Waals surface area (Å²) in [6, 6.07) is 10.8. The first-order valence-corrected chi connectivity index (χ1v) is 10.4. The zero-order valence-corrected chi connectivity index (χ0v) is 18.5. The number of carbonyl (C=O) groups is 1. The third-order valence-corrected chi connectivity index (χ3v) is 4.26. The van der Waals surface area contributed by atoms with Crippen LogP contribution in [0.3, 0.4) is 0 Å². The van der Waals surface area contributed by atoms with E-state index in [-0.39, 0.29) is 0 Å². The standard InChI is InChI=1S/C16H23N3.C5H10O.CH3Cl/c1-13(2)11-19(16-8-9-18(3)12-16)15-6-4-14(10-17)5-7-15;1-5(2)3-4-6;1-2/h4-7,13,16H,8-9,11-12H2,1-3H3;4-5H,3H2,1-2H3;1H3. The molecule has 1 aliphatic heterocycles. The molecule has 2 rings (SSSR count). The number of hydrogen-bond donors (Lipinski definition) is 0. The second kappa shape index (κ2) is 14.5. The zero-order chi connectivity index (χ0) is 20.8. The van der Waals surface area contributed by atoms with Gasteiger partial charge in [0.25, 0.3) is 0 Å². The molecule has 1 aromatic rings. The number of nitriles is 1. The van der Waals surface area contributed by atoms with Crippen LogP contribution in [0.4, 0.5) is 5.69 Å². The Morgan fingerprint density at radius 3 is 2.15 bits per heavy atom. The lowest BCUT2D eigenvalue weighted by Gasteiger charge is -2.32. The van der Waals surface area contributed by atoms with E-state index in [0.29, 0.717) is 24.3 Å². The van der Waals surface area contributed by atoms with E-state index in [2.05, 4.69) is 60.5 Å². The highest BCUT2D eigenvalue weighted by molar-refractivity contribution is 6.15. The van der Waals surface area contributed by atoms with Crippen molar-refractivity contribution in [2.75, 3.05) is 38.0 Å². The Bertz CT molecular complexity index is 552. The third kappa shape index (κ3) is 10.4. The van der Waals surface area contributed by atoms with E-state index >= 15 is 0 Å². The average molecular weight is 394 g/mol. The Kier molecular flexibility index (Phi) is 13.6. The molecule has 4 nitrogen and oxygen atoms in total. The van der Waals surface area contributed by atoms with Gasteiger partial charge in [-0.3, -0.25) is 0 Å². The number of likely N-dealkylation sites (tertiary alicyclic amines) is 1. The Morgan fingerprint density at radius 2 is 1.81 bits per heavy atom. The van der Waals surface area contributed by atoms with Crippen molar-refractivity contribution in [1.82, 2.24) is 4.90 Å². The monoisotopic (exact) mass is 393 g/mol. The molecule has 1 heterocycles. The summed E-state index contributed by atoms with van der Waals surface area (Å²) in [4.78, 5) is 14.5. The average Bonchev–Trinajstić information content (AvgIpc) is 3.08. The van der Waals surface area contributed by atoms with Crippen molar-refractivity contribution in [1.29, 1.82) is 5.26 Å². The molecule has 152 valence electrons. The first-order valence-electron chi connectivity index (χ1n) is 9.64. The maximum atomic E-state index is 9.62. The van der Waals surface area contributed by atoms with Crippen molar-refractivity contribution in [3.05, 3.63) is 29.8 Å². The van der Waals surface area contributed by atoms with Crippen LogP contribution < -0.4 is 4.90 Å². The maximum absolute atomic E-state index is 9.62. The molecule has 0 bridgehead atoms. The van der Waals surface area contributed by atoms with Crippen LogP contribution in [0.25, 0.3) is 0 Å². The molecule has 0 aliphatic carbocycles. The third-order valence-electron chi connectivity index (χ3n) is 4.26. The molecular weight excluding hydrogens is 358 g/mol. The summed E-state index contributed by atoms with van der Waals surface area (Å²) in [5.41, 5.74) is 1.98. The molecule has 0 N–H and O–H groups in total. The van der Waals surface area contributed by atoms with Crippen molar-refractivity contribution in [2.45, 2.75) is 46.6 Å². The first kappa shape index (κ1) is 25.4. The number of nitrogens with zero attached hydrogens (tertiary/aromatic N) is 3. The van der Waals surface area contributed by atoms with Crippen LogP contribution in [0.1, 0.15) is 46.1 Å². The van der Waals surface area contributed by atoms with Gasteiger partial charge in [-0.2, -0.15) is 5.26 Å². The van der Waals surface area contributed by atoms with Crippen LogP contribution >= 0.6 is 11.6 Å². The van der Waals surface area contributed by atoms with Crippen molar-refractivity contribution < 1.29 is 4.79 Å². The molecule has 5 heteroatoms. The summed E-state index contributed by atoms with van der Waals surface area (Å²) in [5.74, 6) is 1.17. The Labute approximate surface area is 171 Å². The van der Waals surface area contributed by atoms with Gasteiger partial charge in [0.2, 0.25) is 0 Å². The van der Waals surface area contributed by atoms with Crippen LogP contribution in [0.15, 0.2) is 24.3 Å². The van der Waals surface area contributed by atoms with Crippen LogP contribution in [0.5, 0.6) is 0 Å². The number of hydrogen-bond acceptors (Lipinski definition) is 4. The van der Waals surface area contributed by atoms with Gasteiger partial charge in [-0.1, -0.05) is 27.7 Å². The maximum Gasteiger partial charge on any atom is 0.120 e. The number of rotatable bonds is 6. The van der Waals surface area contributed by atoms with Gasteiger partial charge in [0, 0.05) is 37.6 Å². The highest BCUT2D eigenvalue weighted by atomic mass is 35.5. The van der Waals surface area contributed by atoms with E-state index < -0.39 is 0 Å². The van der Waals surface area contributed by atoms with Crippen molar-refractivity contribution in [2.24, 2.45) is 11.8 Å². The lowest BCUT2D eigenvalue weighted by molar-refractivity contribution is -0.108. The normalized spacial score (nSPS) is 16.1. The van der Waals surface area contributed by atoms with Gasteiger partial charge >= 0.3 is 0 Å². The summed E-state index contributed by atoms with van der Waals surface area (Å²) >= 11 is 4.64. The topological polar surface area (TPSA) is 47.3 Å². The fourth-order valence-electron chi connectivity index (χ4n) is 2.94. The molecule has 1 atom stereocenters. The van der Waals surface area contributed by atoms with Gasteiger partial charge in [0.05, 0.1) is 11.6 Å². The molecule has 1 unspecified atom stereocenters. The number of benzene rings is 1. The molecule has 0 spiro atoms. The number of carbonyl (C=O) groups excluding carboxylic acids is 1. The van der Waals surface area contributed by atoms with Crippen molar-refractivity contribution >= 4 is 23.6 Å². The zero-order valence-electron chi connectivity index (χ0n) is 17.8. The number of halogens is 1. The summed E-state index contributed by atoms with van der Waals surface area (Å²) in [6.07, 6.45) is 4.34. The van der Waals surface area contributed by atoms with E-state index in [0.717, 1.165) is 24.9 Å². The quantitative estimate of drug-likeness (QED) is 0.514. The summed E-state index contributed by atoms with van der Waals surface area (Å²) in [5, 5.41) is 8.89. The van der Waals surface area contributed by atoms with Gasteiger partial charge in [-0.25, -0.2) is 0 Å². The summed E-state index contributed by atoms with van der Waals surface area (Å²) in [7, 11) is 2.19. The van der Waals surface area contributed by atoms with E-state index in [1.54, 1.807) is 0 Å². The molecule has 1 aliphatic rings. The van der Waals surface area contributed by atoms with Crippen LogP contribution in [0.2, 0.25) is 0 Å². The van der Waals surface area contributed by atoms with E-state index in [4.69, 9.17) is 5.26 Å². The van der Waals surface area contributed by atoms with Crippen molar-refractivity contribution in [3.63, 3.8) is 0 Å². The van der Waals surface area contributed by atoms with Crippen LogP contribution in [0, 0.1) is 23.2 Å². The van der Waals surface area contributed by atoms with Gasteiger partial charge in [-0.05, 0) is 56.1 Å². The highest BCUT2D eigenvalue weighted by Crippen LogP contribution is 2.24. The second-order valence-electron chi connectivity index (χ2n) is 7.71. The fourth-order valence-corrected chi connectivity index (χ4v) is 2.94.